The first-order valence-corrected chi connectivity index (χ1v) is 5.26. The Morgan fingerprint density at radius 3 is 2.62 bits per heavy atom. The highest BCUT2D eigenvalue weighted by Gasteiger charge is 2.05. The first kappa shape index (κ1) is 12.5. The van der Waals surface area contributed by atoms with Crippen molar-refractivity contribution in [2.24, 2.45) is 5.73 Å². The minimum Gasteiger partial charge on any atom is -0.368 e. The van der Waals surface area contributed by atoms with Crippen molar-refractivity contribution in [1.82, 2.24) is 5.32 Å². The normalized spacial score (nSPS) is 9.81. The maximum atomic E-state index is 11.3. The molecule has 0 spiro atoms. The Morgan fingerprint density at radius 2 is 2.00 bits per heavy atom. The maximum absolute atomic E-state index is 11.3. The molecular weight excluding hydrogens is 228 g/mol. The van der Waals surface area contributed by atoms with Crippen LogP contribution in [0.3, 0.4) is 0 Å². The molecule has 1 aromatic rings. The summed E-state index contributed by atoms with van der Waals surface area (Å²) in [6, 6.07) is 7.34. The lowest BCUT2D eigenvalue weighted by molar-refractivity contribution is -0.124. The largest absolute Gasteiger partial charge is 0.368 e. The first-order chi connectivity index (χ1) is 7.59. The molecule has 0 aliphatic carbocycles. The van der Waals surface area contributed by atoms with Crippen LogP contribution < -0.4 is 11.1 Å². The molecule has 0 fully saturated rings. The molecule has 0 unspecified atom stereocenters. The Balaban J connectivity index is 2.37. The lowest BCUT2D eigenvalue weighted by Crippen LogP contribution is -2.33. The number of nitrogens with one attached hydrogen (secondary N) is 1. The third-order valence-corrected chi connectivity index (χ3v) is 2.41. The maximum Gasteiger partial charge on any atom is 0.236 e. The quantitative estimate of drug-likeness (QED) is 0.802. The van der Waals surface area contributed by atoms with Crippen molar-refractivity contribution >= 4 is 23.4 Å². The number of benzene rings is 1. The van der Waals surface area contributed by atoms with Crippen LogP contribution >= 0.6 is 11.6 Å². The molecule has 0 radical (unpaired) electrons. The highest BCUT2D eigenvalue weighted by Crippen LogP contribution is 2.16. The van der Waals surface area contributed by atoms with E-state index in [9.17, 15) is 9.59 Å². The molecule has 0 atom stereocenters. The molecule has 16 heavy (non-hydrogen) atoms. The molecule has 0 aliphatic heterocycles. The smallest absolute Gasteiger partial charge is 0.236 e. The standard InChI is InChI=1S/C11H13ClN2O2/c12-9-4-2-1-3-8(9)5-6-11(16)14-7-10(13)15/h1-4H,5-7H2,(H2,13,15)(H,14,16). The van der Waals surface area contributed by atoms with Crippen LogP contribution in [-0.4, -0.2) is 18.4 Å². The van der Waals surface area contributed by atoms with Gasteiger partial charge in [-0.25, -0.2) is 0 Å². The number of nitrogens with two attached hydrogens (primary N) is 1. The summed E-state index contributed by atoms with van der Waals surface area (Å²) in [6.07, 6.45) is 0.835. The van der Waals surface area contributed by atoms with Gasteiger partial charge in [0.05, 0.1) is 6.54 Å². The number of carbonyl (C=O) groups excluding carboxylic acids is 2. The van der Waals surface area contributed by atoms with Gasteiger partial charge in [-0.3, -0.25) is 9.59 Å². The molecule has 3 N–H and O–H groups in total. The average molecular weight is 241 g/mol. The van der Waals surface area contributed by atoms with Gasteiger partial charge in [-0.05, 0) is 18.1 Å². The number of aryl methyl sites for hydroxylation is 1. The van der Waals surface area contributed by atoms with Crippen LogP contribution in [0.5, 0.6) is 0 Å². The SMILES string of the molecule is NC(=O)CNC(=O)CCc1ccccc1Cl. The van der Waals surface area contributed by atoms with Gasteiger partial charge in [0.2, 0.25) is 11.8 Å². The fourth-order valence-corrected chi connectivity index (χ4v) is 1.45. The molecule has 0 saturated heterocycles. The monoisotopic (exact) mass is 240 g/mol. The number of hydrogen-bond acceptors (Lipinski definition) is 2. The molecular formula is C11H13ClN2O2. The summed E-state index contributed by atoms with van der Waals surface area (Å²) in [6.45, 7) is -0.124. The van der Waals surface area contributed by atoms with Gasteiger partial charge in [0.1, 0.15) is 0 Å². The predicted octanol–water partition coefficient (Wildman–Crippen LogP) is 0.874. The highest BCUT2D eigenvalue weighted by molar-refractivity contribution is 6.31. The second-order valence-corrected chi connectivity index (χ2v) is 3.74. The van der Waals surface area contributed by atoms with E-state index in [2.05, 4.69) is 5.32 Å². The molecule has 0 saturated carbocycles. The van der Waals surface area contributed by atoms with Crippen LogP contribution in [-0.2, 0) is 16.0 Å². The van der Waals surface area contributed by atoms with E-state index in [4.69, 9.17) is 17.3 Å². The summed E-state index contributed by atoms with van der Waals surface area (Å²) >= 11 is 5.93. The van der Waals surface area contributed by atoms with Crippen molar-refractivity contribution < 1.29 is 9.59 Å². The minimum atomic E-state index is -0.550. The fourth-order valence-electron chi connectivity index (χ4n) is 1.22. The van der Waals surface area contributed by atoms with Crippen LogP contribution in [0.1, 0.15) is 12.0 Å². The summed E-state index contributed by atoms with van der Waals surface area (Å²) in [4.78, 5) is 21.7. The molecule has 1 aromatic carbocycles. The average Bonchev–Trinajstić information content (AvgIpc) is 2.25. The van der Waals surface area contributed by atoms with Gasteiger partial charge in [-0.1, -0.05) is 29.8 Å². The summed E-state index contributed by atoms with van der Waals surface area (Å²) < 4.78 is 0. The zero-order valence-corrected chi connectivity index (χ0v) is 9.46. The second kappa shape index (κ2) is 6.12. The van der Waals surface area contributed by atoms with Crippen LogP contribution in [0.25, 0.3) is 0 Å². The van der Waals surface area contributed by atoms with Crippen LogP contribution in [0.15, 0.2) is 24.3 Å². The molecule has 1 rings (SSSR count). The number of rotatable bonds is 5. The van der Waals surface area contributed by atoms with E-state index in [1.807, 2.05) is 18.2 Å². The Bertz CT molecular complexity index is 393. The van der Waals surface area contributed by atoms with Gasteiger partial charge in [0.15, 0.2) is 0 Å². The van der Waals surface area contributed by atoms with Crippen molar-refractivity contribution in [3.8, 4) is 0 Å². The number of hydrogen-bond donors (Lipinski definition) is 2. The molecule has 0 heterocycles. The van der Waals surface area contributed by atoms with Gasteiger partial charge in [0.25, 0.3) is 0 Å². The van der Waals surface area contributed by atoms with E-state index < -0.39 is 5.91 Å². The minimum absolute atomic E-state index is 0.124. The number of amides is 2. The van der Waals surface area contributed by atoms with Crippen LogP contribution in [0, 0.1) is 0 Å². The highest BCUT2D eigenvalue weighted by atomic mass is 35.5. The van der Waals surface area contributed by atoms with Crippen molar-refractivity contribution in [3.05, 3.63) is 34.9 Å². The molecule has 86 valence electrons. The van der Waals surface area contributed by atoms with Crippen LogP contribution in [0.2, 0.25) is 5.02 Å². The summed E-state index contributed by atoms with van der Waals surface area (Å²) in [5.74, 6) is -0.759. The molecule has 4 nitrogen and oxygen atoms in total. The van der Waals surface area contributed by atoms with E-state index in [1.165, 1.54) is 0 Å². The Hall–Kier alpha value is -1.55. The zero-order chi connectivity index (χ0) is 12.0. The zero-order valence-electron chi connectivity index (χ0n) is 8.70. The van der Waals surface area contributed by atoms with Gasteiger partial charge >= 0.3 is 0 Å². The summed E-state index contributed by atoms with van der Waals surface area (Å²) in [5.41, 5.74) is 5.81. The Morgan fingerprint density at radius 1 is 1.31 bits per heavy atom. The van der Waals surface area contributed by atoms with E-state index >= 15 is 0 Å². The predicted molar refractivity (Wildman–Crippen MR) is 62.0 cm³/mol. The molecule has 0 aromatic heterocycles. The topological polar surface area (TPSA) is 72.2 Å². The molecule has 5 heteroatoms. The van der Waals surface area contributed by atoms with Gasteiger partial charge in [-0.2, -0.15) is 0 Å². The number of carbonyl (C=O) groups is 2. The van der Waals surface area contributed by atoms with E-state index in [1.54, 1.807) is 6.07 Å². The Labute approximate surface area is 98.8 Å². The molecule has 0 bridgehead atoms. The third kappa shape index (κ3) is 4.31. The lowest BCUT2D eigenvalue weighted by Gasteiger charge is -2.04. The summed E-state index contributed by atoms with van der Waals surface area (Å²) in [5, 5.41) is 3.06. The van der Waals surface area contributed by atoms with E-state index in [0.717, 1.165) is 5.56 Å². The number of primary amides is 1. The van der Waals surface area contributed by atoms with E-state index in [-0.39, 0.29) is 18.9 Å². The lowest BCUT2D eigenvalue weighted by atomic mass is 10.1. The van der Waals surface area contributed by atoms with Crippen molar-refractivity contribution in [2.75, 3.05) is 6.54 Å². The third-order valence-electron chi connectivity index (χ3n) is 2.04. The van der Waals surface area contributed by atoms with E-state index in [0.29, 0.717) is 11.4 Å². The van der Waals surface area contributed by atoms with Gasteiger partial charge in [-0.15, -0.1) is 0 Å². The Kier molecular flexibility index (Phi) is 4.79. The van der Waals surface area contributed by atoms with Crippen LogP contribution in [0.4, 0.5) is 0 Å². The first-order valence-electron chi connectivity index (χ1n) is 4.88. The van der Waals surface area contributed by atoms with Gasteiger partial charge < -0.3 is 11.1 Å². The summed E-state index contributed by atoms with van der Waals surface area (Å²) in [7, 11) is 0. The number of halogens is 1. The van der Waals surface area contributed by atoms with Crippen molar-refractivity contribution in [1.29, 1.82) is 0 Å². The molecule has 0 aliphatic rings. The van der Waals surface area contributed by atoms with Crippen molar-refractivity contribution in [3.63, 3.8) is 0 Å². The second-order valence-electron chi connectivity index (χ2n) is 3.33. The van der Waals surface area contributed by atoms with Crippen molar-refractivity contribution in [2.45, 2.75) is 12.8 Å². The van der Waals surface area contributed by atoms with Gasteiger partial charge in [0, 0.05) is 11.4 Å². The fraction of sp³-hybridized carbons (Fsp3) is 0.273. The molecule has 2 amide bonds.